The van der Waals surface area contributed by atoms with Crippen molar-refractivity contribution >= 4 is 23.4 Å². The first-order chi connectivity index (χ1) is 22.2. The lowest BCUT2D eigenvalue weighted by Gasteiger charge is -2.34. The molecule has 0 aromatic heterocycles. The molecule has 0 radical (unpaired) electrons. The monoisotopic (exact) mass is 674 g/mol. The van der Waals surface area contributed by atoms with E-state index in [2.05, 4.69) is 50.2 Å². The minimum Gasteiger partial charge on any atom is -0.466 e. The number of carbonyl (C=O) groups excluding carboxylic acids is 4. The van der Waals surface area contributed by atoms with E-state index in [-0.39, 0.29) is 6.61 Å². The maximum atomic E-state index is 12.2. The van der Waals surface area contributed by atoms with Gasteiger partial charge in [-0.25, -0.2) is 0 Å². The van der Waals surface area contributed by atoms with Crippen molar-refractivity contribution in [3.8, 4) is 0 Å². The van der Waals surface area contributed by atoms with Crippen molar-refractivity contribution in [3.05, 3.63) is 71.8 Å². The van der Waals surface area contributed by atoms with Crippen LogP contribution in [0.1, 0.15) is 30.9 Å². The van der Waals surface area contributed by atoms with Crippen molar-refractivity contribution in [1.82, 2.24) is 20.0 Å². The van der Waals surface area contributed by atoms with Crippen LogP contribution in [0, 0.1) is 0 Å². The second-order valence-corrected chi connectivity index (χ2v) is 10.7. The topological polar surface area (TPSA) is 99.3 Å². The number of hydrogen-bond acceptors (Lipinski definition) is 8. The van der Waals surface area contributed by atoms with Crippen molar-refractivity contribution in [1.29, 1.82) is 0 Å². The van der Waals surface area contributed by atoms with Gasteiger partial charge in [0.1, 0.15) is 6.42 Å². The summed E-state index contributed by atoms with van der Waals surface area (Å²) in [6.45, 7) is 9.71. The third-order valence-electron chi connectivity index (χ3n) is 6.99. The first-order valence-electron chi connectivity index (χ1n) is 15.1. The Hall–Kier alpha value is -3.82. The maximum Gasteiger partial charge on any atom is 0.450 e. The number of alkyl halides is 6. The molecule has 0 saturated carbocycles. The molecule has 4 rings (SSSR count). The molecule has 15 heteroatoms. The summed E-state index contributed by atoms with van der Waals surface area (Å²) in [5, 5.41) is 3.36. The number of nitrogens with zero attached hydrogens (tertiary/aromatic N) is 3. The zero-order valence-corrected chi connectivity index (χ0v) is 26.1. The Labute approximate surface area is 269 Å². The molecule has 47 heavy (non-hydrogen) atoms. The van der Waals surface area contributed by atoms with Gasteiger partial charge in [-0.1, -0.05) is 60.7 Å². The highest BCUT2D eigenvalue weighted by molar-refractivity contribution is 6.00. The number of ketones is 2. The summed E-state index contributed by atoms with van der Waals surface area (Å²) >= 11 is 0. The van der Waals surface area contributed by atoms with Gasteiger partial charge in [0.05, 0.1) is 13.0 Å². The second kappa shape index (κ2) is 19.8. The van der Waals surface area contributed by atoms with E-state index in [9.17, 15) is 45.5 Å². The quantitative estimate of drug-likeness (QED) is 0.242. The van der Waals surface area contributed by atoms with Crippen molar-refractivity contribution in [2.24, 2.45) is 0 Å². The number of carbonyl (C=O) groups is 4. The number of nitrogens with one attached hydrogen (secondary N) is 1. The fourth-order valence-electron chi connectivity index (χ4n) is 4.50. The number of rotatable bonds is 9. The average Bonchev–Trinajstić information content (AvgIpc) is 3.03. The highest BCUT2D eigenvalue weighted by Crippen LogP contribution is 2.19. The van der Waals surface area contributed by atoms with E-state index < -0.39 is 48.6 Å². The summed E-state index contributed by atoms with van der Waals surface area (Å²) in [6.07, 6.45) is -12.2. The van der Waals surface area contributed by atoms with Gasteiger partial charge in [-0.05, 0) is 18.1 Å². The van der Waals surface area contributed by atoms with Crippen molar-refractivity contribution in [2.45, 2.75) is 45.2 Å². The number of halogens is 6. The van der Waals surface area contributed by atoms with Crippen LogP contribution in [0.3, 0.4) is 0 Å². The number of amides is 1. The summed E-state index contributed by atoms with van der Waals surface area (Å²) in [5.41, 5.74) is 2.57. The van der Waals surface area contributed by atoms with E-state index in [0.29, 0.717) is 26.2 Å². The molecule has 0 atom stereocenters. The first kappa shape index (κ1) is 39.4. The van der Waals surface area contributed by atoms with Crippen LogP contribution >= 0.6 is 0 Å². The molecule has 2 aliphatic rings. The molecule has 0 aliphatic carbocycles. The van der Waals surface area contributed by atoms with Crippen LogP contribution in [0.15, 0.2) is 60.7 Å². The van der Waals surface area contributed by atoms with Gasteiger partial charge in [0, 0.05) is 65.4 Å². The Balaban J connectivity index is 0.000000263. The van der Waals surface area contributed by atoms with Crippen molar-refractivity contribution in [2.75, 3.05) is 59.0 Å². The van der Waals surface area contributed by atoms with Crippen molar-refractivity contribution < 1.29 is 50.3 Å². The fourth-order valence-corrected chi connectivity index (χ4v) is 4.50. The van der Waals surface area contributed by atoms with Crippen molar-refractivity contribution in [3.63, 3.8) is 0 Å². The lowest BCUT2D eigenvalue weighted by Crippen LogP contribution is -2.49. The highest BCUT2D eigenvalue weighted by atomic mass is 19.4. The van der Waals surface area contributed by atoms with Gasteiger partial charge in [0.2, 0.25) is 17.5 Å². The van der Waals surface area contributed by atoms with Gasteiger partial charge in [-0.3, -0.25) is 29.0 Å². The lowest BCUT2D eigenvalue weighted by molar-refractivity contribution is -0.174. The van der Waals surface area contributed by atoms with Crippen LogP contribution < -0.4 is 5.32 Å². The predicted octanol–water partition coefficient (Wildman–Crippen LogP) is 4.02. The first-order valence-corrected chi connectivity index (χ1v) is 15.1. The number of ether oxygens (including phenoxy) is 1. The molecule has 2 heterocycles. The standard InChI is InChI=1S/C15H17F3N2O2.C11H16N2.C6H7F3O3/c16-15(17,18)13(21)10-14(22)20-8-6-19(7-9-20)11-12-4-2-1-3-5-12;1-2-4-11(5-3-1)10-13-8-6-12-7-9-13;1-2-12-5(11)3-4(10)6(7,8)9/h1-5H,6-11H2;1-5,12H,6-10H2;2-3H2,1H3. The van der Waals surface area contributed by atoms with Gasteiger partial charge in [0.25, 0.3) is 0 Å². The molecule has 260 valence electrons. The Bertz CT molecular complexity index is 1250. The van der Waals surface area contributed by atoms with E-state index in [1.165, 1.54) is 30.5 Å². The number of hydrogen-bond donors (Lipinski definition) is 1. The van der Waals surface area contributed by atoms with E-state index in [1.807, 2.05) is 30.3 Å². The zero-order valence-electron chi connectivity index (χ0n) is 26.1. The molecular weight excluding hydrogens is 634 g/mol. The predicted molar refractivity (Wildman–Crippen MR) is 161 cm³/mol. The minimum absolute atomic E-state index is 0.0377. The Morgan fingerprint density at radius 2 is 1.09 bits per heavy atom. The molecule has 2 aromatic carbocycles. The Morgan fingerprint density at radius 1 is 0.660 bits per heavy atom. The van der Waals surface area contributed by atoms with Crippen LogP contribution in [0.25, 0.3) is 0 Å². The molecule has 0 unspecified atom stereocenters. The molecule has 9 nitrogen and oxygen atoms in total. The smallest absolute Gasteiger partial charge is 0.450 e. The Morgan fingerprint density at radius 3 is 1.51 bits per heavy atom. The van der Waals surface area contributed by atoms with Gasteiger partial charge >= 0.3 is 18.3 Å². The largest absolute Gasteiger partial charge is 0.466 e. The van der Waals surface area contributed by atoms with E-state index in [4.69, 9.17) is 0 Å². The molecule has 2 saturated heterocycles. The summed E-state index contributed by atoms with van der Waals surface area (Å²) in [6, 6.07) is 20.5. The molecule has 2 aliphatic heterocycles. The van der Waals surface area contributed by atoms with E-state index >= 15 is 0 Å². The van der Waals surface area contributed by atoms with Gasteiger partial charge in [-0.15, -0.1) is 0 Å². The highest BCUT2D eigenvalue weighted by Gasteiger charge is 2.40. The maximum absolute atomic E-state index is 12.2. The lowest BCUT2D eigenvalue weighted by atomic mass is 10.2. The summed E-state index contributed by atoms with van der Waals surface area (Å²) < 4.78 is 75.1. The van der Waals surface area contributed by atoms with Crippen LogP contribution in [0.2, 0.25) is 0 Å². The minimum atomic E-state index is -4.95. The van der Waals surface area contributed by atoms with Gasteiger partial charge < -0.3 is 15.0 Å². The van der Waals surface area contributed by atoms with Crippen LogP contribution in [-0.2, 0) is 37.0 Å². The third-order valence-corrected chi connectivity index (χ3v) is 6.99. The van der Waals surface area contributed by atoms with Gasteiger partial charge in [-0.2, -0.15) is 26.3 Å². The van der Waals surface area contributed by atoms with E-state index in [0.717, 1.165) is 31.7 Å². The molecule has 1 N–H and O–H groups in total. The summed E-state index contributed by atoms with van der Waals surface area (Å²) in [4.78, 5) is 49.0. The average molecular weight is 675 g/mol. The fraction of sp³-hybridized carbons (Fsp3) is 0.500. The second-order valence-electron chi connectivity index (χ2n) is 10.7. The zero-order chi connectivity index (χ0) is 34.9. The SMILES string of the molecule is CCOC(=O)CC(=O)C(F)(F)F.O=C(CC(=O)C(F)(F)F)N1CCN(Cc2ccccc2)CC1.c1ccc(CN2CCNCC2)cc1. The molecule has 2 fully saturated rings. The molecule has 0 bridgehead atoms. The van der Waals surface area contributed by atoms with Gasteiger partial charge in [0.15, 0.2) is 0 Å². The molecular formula is C32H40F6N4O5. The molecule has 0 spiro atoms. The summed E-state index contributed by atoms with van der Waals surface area (Å²) in [7, 11) is 0. The number of piperazine rings is 2. The van der Waals surface area contributed by atoms with Crippen LogP contribution in [-0.4, -0.2) is 109 Å². The number of esters is 1. The normalized spacial score (nSPS) is 15.8. The third kappa shape index (κ3) is 16.0. The molecule has 1 amide bonds. The number of Topliss-reactive ketones (excluding diaryl/α,β-unsaturated/α-hetero) is 2. The summed E-state index contributed by atoms with van der Waals surface area (Å²) in [5.74, 6) is -5.97. The number of benzene rings is 2. The van der Waals surface area contributed by atoms with E-state index in [1.54, 1.807) is 0 Å². The van der Waals surface area contributed by atoms with Crippen LogP contribution in [0.5, 0.6) is 0 Å². The molecule has 2 aromatic rings. The Kier molecular flexibility index (Phi) is 16.5. The van der Waals surface area contributed by atoms with Crippen LogP contribution in [0.4, 0.5) is 26.3 Å².